The minimum absolute atomic E-state index is 0.228. The average molecular weight is 467 g/mol. The zero-order chi connectivity index (χ0) is 24.6. The van der Waals surface area contributed by atoms with Crippen LogP contribution in [0, 0.1) is 27.3 Å². The summed E-state index contributed by atoms with van der Waals surface area (Å²) in [6, 6.07) is 5.55. The lowest BCUT2D eigenvalue weighted by Gasteiger charge is -2.19. The van der Waals surface area contributed by atoms with E-state index in [2.05, 4.69) is 29.8 Å². The van der Waals surface area contributed by atoms with E-state index < -0.39 is 17.0 Å². The molecule has 0 aliphatic heterocycles. The Morgan fingerprint density at radius 1 is 1.06 bits per heavy atom. The van der Waals surface area contributed by atoms with Gasteiger partial charge in [0.25, 0.3) is 5.96 Å². The quantitative estimate of drug-likeness (QED) is 0.0880. The van der Waals surface area contributed by atoms with Gasteiger partial charge in [-0.3, -0.25) is 15.0 Å². The summed E-state index contributed by atoms with van der Waals surface area (Å²) in [5.41, 5.74) is 2.70. The van der Waals surface area contributed by atoms with Crippen molar-refractivity contribution in [1.82, 2.24) is 21.4 Å². The van der Waals surface area contributed by atoms with Gasteiger partial charge in [-0.05, 0) is 62.1 Å². The van der Waals surface area contributed by atoms with Crippen molar-refractivity contribution in [3.8, 4) is 0 Å². The number of guanidine groups is 1. The number of rotatable bonds is 15. The summed E-state index contributed by atoms with van der Waals surface area (Å²) in [7, 11) is 0. The summed E-state index contributed by atoms with van der Waals surface area (Å²) in [5.74, 6) is -0.786. The second-order valence-electron chi connectivity index (χ2n) is 8.24. The molecule has 0 aromatic heterocycles. The molecule has 11 heteroatoms. The van der Waals surface area contributed by atoms with E-state index in [4.69, 9.17) is 5.41 Å². The van der Waals surface area contributed by atoms with Crippen molar-refractivity contribution in [3.05, 3.63) is 45.8 Å². The molecule has 0 aliphatic rings. The van der Waals surface area contributed by atoms with E-state index >= 15 is 0 Å². The predicted octanol–water partition coefficient (Wildman–Crippen LogP) is 2.27. The van der Waals surface area contributed by atoms with Crippen molar-refractivity contribution < 1.29 is 19.0 Å². The van der Waals surface area contributed by atoms with Crippen molar-refractivity contribution in [3.63, 3.8) is 0 Å². The number of nitro groups is 1. The fourth-order valence-electron chi connectivity index (χ4n) is 3.06. The molecule has 0 aliphatic carbocycles. The van der Waals surface area contributed by atoms with Gasteiger partial charge in [0.1, 0.15) is 11.9 Å². The van der Waals surface area contributed by atoms with Crippen LogP contribution in [0.15, 0.2) is 24.3 Å². The molecular weight excluding hydrogens is 431 g/mol. The Balaban J connectivity index is 2.45. The maximum absolute atomic E-state index is 13.0. The lowest BCUT2D eigenvalue weighted by molar-refractivity contribution is -0.525. The largest absolute Gasteiger partial charge is 0.354 e. The van der Waals surface area contributed by atoms with Gasteiger partial charge in [-0.1, -0.05) is 31.4 Å². The van der Waals surface area contributed by atoms with Gasteiger partial charge < -0.3 is 16.0 Å². The fraction of sp³-hybridized carbons (Fsp3) is 0.591. The van der Waals surface area contributed by atoms with Crippen LogP contribution < -0.4 is 21.4 Å². The van der Waals surface area contributed by atoms with Gasteiger partial charge in [0.05, 0.1) is 0 Å². The SMILES string of the molecule is CC(C)CCNC(=O)[C@H](CCCNC(=N)N[N+](=O)[O-])NC(=O)CCCCc1ccc(F)cc1. The summed E-state index contributed by atoms with van der Waals surface area (Å²) in [4.78, 5) is 35.2. The van der Waals surface area contributed by atoms with Gasteiger partial charge in [0.15, 0.2) is 5.03 Å². The second kappa shape index (κ2) is 15.5. The second-order valence-corrected chi connectivity index (χ2v) is 8.24. The van der Waals surface area contributed by atoms with Crippen LogP contribution in [-0.4, -0.2) is 41.9 Å². The standard InChI is InChI=1S/C22H35FN6O4/c1-16(2)13-15-25-21(31)19(7-5-14-26-22(24)28-29(32)33)27-20(30)8-4-3-6-17-9-11-18(23)12-10-17/h9-12,16,19H,3-8,13-15H2,1-2H3,(H,25,31)(H,27,30)(H3,24,26,28)/t19-/m0/s1. The molecular formula is C22H35FN6O4. The summed E-state index contributed by atoms with van der Waals surface area (Å²) < 4.78 is 13.0. The lowest BCUT2D eigenvalue weighted by Crippen LogP contribution is -2.47. The molecule has 184 valence electrons. The minimum atomic E-state index is -0.837. The molecule has 0 saturated carbocycles. The Labute approximate surface area is 193 Å². The average Bonchev–Trinajstić information content (AvgIpc) is 2.73. The molecule has 1 rings (SSSR count). The van der Waals surface area contributed by atoms with E-state index in [1.165, 1.54) is 12.1 Å². The molecule has 2 amide bonds. The molecule has 10 nitrogen and oxygen atoms in total. The zero-order valence-electron chi connectivity index (χ0n) is 19.3. The number of nitrogens with zero attached hydrogens (tertiary/aromatic N) is 1. The molecule has 0 unspecified atom stereocenters. The van der Waals surface area contributed by atoms with Crippen LogP contribution in [-0.2, 0) is 16.0 Å². The molecule has 0 radical (unpaired) electrons. The molecule has 1 atom stereocenters. The van der Waals surface area contributed by atoms with Crippen LogP contribution in [0.5, 0.6) is 0 Å². The van der Waals surface area contributed by atoms with E-state index in [1.54, 1.807) is 17.6 Å². The van der Waals surface area contributed by atoms with E-state index in [0.29, 0.717) is 31.7 Å². The van der Waals surface area contributed by atoms with E-state index in [1.807, 2.05) is 0 Å². The van der Waals surface area contributed by atoms with Crippen molar-refractivity contribution in [1.29, 1.82) is 5.41 Å². The number of halogens is 1. The van der Waals surface area contributed by atoms with E-state index in [-0.39, 0.29) is 30.6 Å². The normalized spacial score (nSPS) is 11.5. The predicted molar refractivity (Wildman–Crippen MR) is 123 cm³/mol. The molecule has 0 spiro atoms. The summed E-state index contributed by atoms with van der Waals surface area (Å²) in [6.45, 7) is 4.85. The number of carbonyl (C=O) groups is 2. The van der Waals surface area contributed by atoms with Crippen LogP contribution in [0.2, 0.25) is 0 Å². The molecule has 33 heavy (non-hydrogen) atoms. The van der Waals surface area contributed by atoms with Gasteiger partial charge >= 0.3 is 0 Å². The first kappa shape index (κ1) is 27.8. The number of benzene rings is 1. The Morgan fingerprint density at radius 3 is 2.39 bits per heavy atom. The minimum Gasteiger partial charge on any atom is -0.354 e. The van der Waals surface area contributed by atoms with Crippen LogP contribution in [0.25, 0.3) is 0 Å². The van der Waals surface area contributed by atoms with Crippen molar-refractivity contribution >= 4 is 17.8 Å². The molecule has 5 N–H and O–H groups in total. The van der Waals surface area contributed by atoms with Crippen LogP contribution in [0.4, 0.5) is 4.39 Å². The number of hydrogen-bond donors (Lipinski definition) is 5. The smallest absolute Gasteiger partial charge is 0.251 e. The van der Waals surface area contributed by atoms with Crippen molar-refractivity contribution in [2.24, 2.45) is 5.92 Å². The van der Waals surface area contributed by atoms with Crippen LogP contribution >= 0.6 is 0 Å². The summed E-state index contributed by atoms with van der Waals surface area (Å²) >= 11 is 0. The summed E-state index contributed by atoms with van der Waals surface area (Å²) in [6.07, 6.45) is 3.98. The first-order chi connectivity index (χ1) is 15.7. The summed E-state index contributed by atoms with van der Waals surface area (Å²) in [5, 5.41) is 25.0. The number of amides is 2. The van der Waals surface area contributed by atoms with Gasteiger partial charge in [0.2, 0.25) is 11.8 Å². The molecule has 0 heterocycles. The lowest BCUT2D eigenvalue weighted by atomic mass is 10.1. The van der Waals surface area contributed by atoms with Crippen LogP contribution in [0.1, 0.15) is 57.9 Å². The third-order valence-corrected chi connectivity index (χ3v) is 4.88. The molecule has 0 saturated heterocycles. The highest BCUT2D eigenvalue weighted by atomic mass is 19.1. The van der Waals surface area contributed by atoms with Crippen molar-refractivity contribution in [2.75, 3.05) is 13.1 Å². The molecule has 0 bridgehead atoms. The van der Waals surface area contributed by atoms with Gasteiger partial charge in [-0.15, -0.1) is 0 Å². The number of hydrogen-bond acceptors (Lipinski definition) is 5. The maximum atomic E-state index is 13.0. The van der Waals surface area contributed by atoms with Gasteiger partial charge in [-0.25, -0.2) is 14.5 Å². The highest BCUT2D eigenvalue weighted by Gasteiger charge is 2.20. The monoisotopic (exact) mass is 466 g/mol. The molecule has 0 fully saturated rings. The maximum Gasteiger partial charge on any atom is 0.251 e. The Kier molecular flexibility index (Phi) is 13.1. The zero-order valence-corrected chi connectivity index (χ0v) is 19.3. The Bertz CT molecular complexity index is 773. The molecule has 1 aromatic rings. The fourth-order valence-corrected chi connectivity index (χ4v) is 3.06. The first-order valence-electron chi connectivity index (χ1n) is 11.2. The highest BCUT2D eigenvalue weighted by molar-refractivity contribution is 5.87. The third-order valence-electron chi connectivity index (χ3n) is 4.88. The molecule has 1 aromatic carbocycles. The van der Waals surface area contributed by atoms with Gasteiger partial charge in [-0.2, -0.15) is 0 Å². The van der Waals surface area contributed by atoms with E-state index in [0.717, 1.165) is 24.8 Å². The number of hydrazine groups is 1. The first-order valence-corrected chi connectivity index (χ1v) is 11.2. The number of carbonyl (C=O) groups excluding carboxylic acids is 2. The van der Waals surface area contributed by atoms with E-state index in [9.17, 15) is 24.1 Å². The Morgan fingerprint density at radius 2 is 1.76 bits per heavy atom. The number of aryl methyl sites for hydroxylation is 1. The van der Waals surface area contributed by atoms with Crippen molar-refractivity contribution in [2.45, 2.75) is 64.8 Å². The number of unbranched alkanes of at least 4 members (excludes halogenated alkanes) is 1. The van der Waals surface area contributed by atoms with Crippen LogP contribution in [0.3, 0.4) is 0 Å². The number of nitrogens with one attached hydrogen (secondary N) is 5. The highest BCUT2D eigenvalue weighted by Crippen LogP contribution is 2.08. The third kappa shape index (κ3) is 13.7. The topological polar surface area (TPSA) is 149 Å². The Hall–Kier alpha value is -3.24. The van der Waals surface area contributed by atoms with Gasteiger partial charge in [0, 0.05) is 19.5 Å².